The standard InChI is InChI=1S/C13H14N2.C2H5N/c1-14-9-11-4-6-12(7-5-11)13-3-2-8-15-10-13;1-2-3/h2-8,10,14H,9H2,1H3;2H,1,3H2. The zero-order chi connectivity index (χ0) is 13.2. The maximum absolute atomic E-state index is 4.61. The highest BCUT2D eigenvalue weighted by Crippen LogP contribution is 2.18. The molecule has 18 heavy (non-hydrogen) atoms. The fraction of sp³-hybridized carbons (Fsp3) is 0.133. The third-order valence-corrected chi connectivity index (χ3v) is 2.33. The number of nitrogens with two attached hydrogens (primary N) is 1. The predicted octanol–water partition coefficient (Wildman–Crippen LogP) is 2.56. The number of rotatable bonds is 3. The molecule has 0 aliphatic carbocycles. The first kappa shape index (κ1) is 13.9. The van der Waals surface area contributed by atoms with Crippen molar-refractivity contribution < 1.29 is 0 Å². The number of nitrogens with zero attached hydrogens (tertiary/aromatic N) is 1. The van der Waals surface area contributed by atoms with Crippen molar-refractivity contribution in [1.82, 2.24) is 10.3 Å². The molecule has 0 radical (unpaired) electrons. The monoisotopic (exact) mass is 241 g/mol. The second-order valence-corrected chi connectivity index (χ2v) is 3.70. The summed E-state index contributed by atoms with van der Waals surface area (Å²) in [6.07, 6.45) is 4.92. The molecule has 1 heterocycles. The maximum Gasteiger partial charge on any atom is 0.0346 e. The summed E-state index contributed by atoms with van der Waals surface area (Å²) in [5, 5.41) is 3.13. The minimum atomic E-state index is 0.910. The zero-order valence-corrected chi connectivity index (χ0v) is 10.6. The van der Waals surface area contributed by atoms with E-state index in [0.29, 0.717) is 0 Å². The third kappa shape index (κ3) is 4.39. The van der Waals surface area contributed by atoms with Gasteiger partial charge in [0.1, 0.15) is 0 Å². The Labute approximate surface area is 108 Å². The first-order valence-corrected chi connectivity index (χ1v) is 5.78. The second-order valence-electron chi connectivity index (χ2n) is 3.70. The third-order valence-electron chi connectivity index (χ3n) is 2.33. The molecule has 0 bridgehead atoms. The number of nitrogens with one attached hydrogen (secondary N) is 1. The van der Waals surface area contributed by atoms with Crippen LogP contribution in [0.25, 0.3) is 11.1 Å². The van der Waals surface area contributed by atoms with Gasteiger partial charge in [0.2, 0.25) is 0 Å². The minimum Gasteiger partial charge on any atom is -0.405 e. The molecule has 0 unspecified atom stereocenters. The highest BCUT2D eigenvalue weighted by Gasteiger charge is 1.96. The van der Waals surface area contributed by atoms with Crippen LogP contribution < -0.4 is 11.1 Å². The lowest BCUT2D eigenvalue weighted by molar-refractivity contribution is 0.818. The topological polar surface area (TPSA) is 50.9 Å². The van der Waals surface area contributed by atoms with Gasteiger partial charge in [0.15, 0.2) is 0 Å². The molecule has 0 amide bonds. The Kier molecular flexibility index (Phi) is 6.22. The molecular weight excluding hydrogens is 222 g/mol. The van der Waals surface area contributed by atoms with Crippen LogP contribution in [0.3, 0.4) is 0 Å². The molecule has 1 aromatic heterocycles. The van der Waals surface area contributed by atoms with E-state index in [1.807, 2.05) is 19.3 Å². The van der Waals surface area contributed by atoms with E-state index in [9.17, 15) is 0 Å². The summed E-state index contributed by atoms with van der Waals surface area (Å²) in [4.78, 5) is 4.11. The van der Waals surface area contributed by atoms with Gasteiger partial charge in [-0.1, -0.05) is 36.9 Å². The maximum atomic E-state index is 4.61. The molecule has 3 nitrogen and oxygen atoms in total. The molecule has 2 aromatic rings. The SMILES string of the molecule is C=CN.CNCc1ccc(-c2cccnc2)cc1. The van der Waals surface area contributed by atoms with E-state index in [2.05, 4.69) is 52.9 Å². The van der Waals surface area contributed by atoms with E-state index in [1.54, 1.807) is 6.20 Å². The van der Waals surface area contributed by atoms with E-state index in [0.717, 1.165) is 12.1 Å². The van der Waals surface area contributed by atoms with Gasteiger partial charge < -0.3 is 11.1 Å². The Morgan fingerprint density at radius 3 is 2.39 bits per heavy atom. The van der Waals surface area contributed by atoms with Crippen LogP contribution in [0.5, 0.6) is 0 Å². The highest BCUT2D eigenvalue weighted by atomic mass is 14.8. The normalized spacial score (nSPS) is 9.17. The van der Waals surface area contributed by atoms with Gasteiger partial charge in [-0.15, -0.1) is 0 Å². The summed E-state index contributed by atoms with van der Waals surface area (Å²) >= 11 is 0. The van der Waals surface area contributed by atoms with E-state index >= 15 is 0 Å². The Hall–Kier alpha value is -2.13. The van der Waals surface area contributed by atoms with E-state index in [1.165, 1.54) is 17.3 Å². The lowest BCUT2D eigenvalue weighted by atomic mass is 10.1. The summed E-state index contributed by atoms with van der Waals surface area (Å²) in [5.74, 6) is 0. The molecule has 0 atom stereocenters. The van der Waals surface area contributed by atoms with Gasteiger partial charge in [0, 0.05) is 18.9 Å². The van der Waals surface area contributed by atoms with Crippen LogP contribution in [0.1, 0.15) is 5.56 Å². The Morgan fingerprint density at radius 2 is 1.89 bits per heavy atom. The van der Waals surface area contributed by atoms with Gasteiger partial charge in [0.25, 0.3) is 0 Å². The highest BCUT2D eigenvalue weighted by molar-refractivity contribution is 5.62. The molecule has 3 heteroatoms. The lowest BCUT2D eigenvalue weighted by Crippen LogP contribution is -2.04. The summed E-state index contributed by atoms with van der Waals surface area (Å²) in [6.45, 7) is 4.05. The summed E-state index contributed by atoms with van der Waals surface area (Å²) in [7, 11) is 1.95. The van der Waals surface area contributed by atoms with Crippen LogP contribution in [0.4, 0.5) is 0 Å². The van der Waals surface area contributed by atoms with Crippen molar-refractivity contribution in [3.63, 3.8) is 0 Å². The average molecular weight is 241 g/mol. The van der Waals surface area contributed by atoms with Crippen LogP contribution in [0.15, 0.2) is 61.6 Å². The molecule has 0 aliphatic rings. The first-order valence-electron chi connectivity index (χ1n) is 5.78. The Balaban J connectivity index is 0.000000492. The largest absolute Gasteiger partial charge is 0.405 e. The number of hydrogen-bond donors (Lipinski definition) is 2. The number of benzene rings is 1. The fourth-order valence-electron chi connectivity index (χ4n) is 1.55. The smallest absolute Gasteiger partial charge is 0.0346 e. The number of aromatic nitrogens is 1. The zero-order valence-electron chi connectivity index (χ0n) is 10.6. The van der Waals surface area contributed by atoms with Crippen molar-refractivity contribution in [3.8, 4) is 11.1 Å². The van der Waals surface area contributed by atoms with E-state index < -0.39 is 0 Å². The van der Waals surface area contributed by atoms with Crippen molar-refractivity contribution in [2.24, 2.45) is 5.73 Å². The van der Waals surface area contributed by atoms with Crippen LogP contribution in [-0.4, -0.2) is 12.0 Å². The molecule has 2 rings (SSSR count). The molecule has 0 aliphatic heterocycles. The van der Waals surface area contributed by atoms with Crippen molar-refractivity contribution in [1.29, 1.82) is 0 Å². The molecule has 0 saturated carbocycles. The van der Waals surface area contributed by atoms with Crippen LogP contribution >= 0.6 is 0 Å². The quantitative estimate of drug-likeness (QED) is 0.868. The van der Waals surface area contributed by atoms with Gasteiger partial charge in [-0.2, -0.15) is 0 Å². The predicted molar refractivity (Wildman–Crippen MR) is 76.8 cm³/mol. The Morgan fingerprint density at radius 1 is 1.22 bits per heavy atom. The summed E-state index contributed by atoms with van der Waals surface area (Å²) < 4.78 is 0. The molecule has 0 saturated heterocycles. The second kappa shape index (κ2) is 8.03. The van der Waals surface area contributed by atoms with Gasteiger partial charge in [0.05, 0.1) is 0 Å². The molecule has 0 fully saturated rings. The molecule has 94 valence electrons. The van der Waals surface area contributed by atoms with E-state index in [4.69, 9.17) is 0 Å². The van der Waals surface area contributed by atoms with E-state index in [-0.39, 0.29) is 0 Å². The van der Waals surface area contributed by atoms with Gasteiger partial charge in [-0.05, 0) is 36.0 Å². The fourth-order valence-corrected chi connectivity index (χ4v) is 1.55. The average Bonchev–Trinajstić information content (AvgIpc) is 2.42. The molecule has 1 aromatic carbocycles. The van der Waals surface area contributed by atoms with Gasteiger partial charge in [-0.3, -0.25) is 4.98 Å². The van der Waals surface area contributed by atoms with Gasteiger partial charge in [-0.25, -0.2) is 0 Å². The summed E-state index contributed by atoms with van der Waals surface area (Å²) in [5.41, 5.74) is 8.28. The van der Waals surface area contributed by atoms with Crippen molar-refractivity contribution >= 4 is 0 Å². The van der Waals surface area contributed by atoms with Crippen molar-refractivity contribution in [2.75, 3.05) is 7.05 Å². The number of hydrogen-bond acceptors (Lipinski definition) is 3. The van der Waals surface area contributed by atoms with Crippen molar-refractivity contribution in [3.05, 3.63) is 67.1 Å². The van der Waals surface area contributed by atoms with Crippen LogP contribution in [0.2, 0.25) is 0 Å². The molecular formula is C15H19N3. The number of pyridine rings is 1. The van der Waals surface area contributed by atoms with Crippen molar-refractivity contribution in [2.45, 2.75) is 6.54 Å². The first-order chi connectivity index (χ1) is 8.81. The lowest BCUT2D eigenvalue weighted by Gasteiger charge is -2.03. The minimum absolute atomic E-state index is 0.910. The summed E-state index contributed by atoms with van der Waals surface area (Å²) in [6, 6.07) is 12.6. The molecule has 3 N–H and O–H groups in total. The van der Waals surface area contributed by atoms with Gasteiger partial charge >= 0.3 is 0 Å². The Bertz CT molecular complexity index is 449. The van der Waals surface area contributed by atoms with Crippen LogP contribution in [0, 0.1) is 0 Å². The van der Waals surface area contributed by atoms with Crippen LogP contribution in [-0.2, 0) is 6.54 Å². The molecule has 0 spiro atoms.